The van der Waals surface area contributed by atoms with E-state index in [-0.39, 0.29) is 16.4 Å². The standard InChI is InChI=1S/C20H31N3O4S/c1-3-22-11-7-8-16(22)15-21-20(24)18-14-17(9-10-19(18)27-2)28(25,26)23-12-5-4-6-13-23/h9-10,14,16H,3-8,11-13,15H2,1-2H3,(H,21,24). The maximum absolute atomic E-state index is 13.0. The van der Waals surface area contributed by atoms with E-state index < -0.39 is 10.0 Å². The SMILES string of the molecule is CCN1CCCC1CNC(=O)c1cc(S(=O)(=O)N2CCCCC2)ccc1OC. The molecule has 2 aliphatic heterocycles. The molecule has 0 radical (unpaired) electrons. The molecule has 1 unspecified atom stereocenters. The summed E-state index contributed by atoms with van der Waals surface area (Å²) < 4.78 is 32.7. The van der Waals surface area contributed by atoms with E-state index in [9.17, 15) is 13.2 Å². The number of rotatable bonds is 7. The number of amides is 1. The van der Waals surface area contributed by atoms with Crippen molar-refractivity contribution >= 4 is 15.9 Å². The van der Waals surface area contributed by atoms with Crippen LogP contribution >= 0.6 is 0 Å². The summed E-state index contributed by atoms with van der Waals surface area (Å²) in [6.07, 6.45) is 5.00. The number of methoxy groups -OCH3 is 1. The van der Waals surface area contributed by atoms with Crippen molar-refractivity contribution in [3.05, 3.63) is 23.8 Å². The fourth-order valence-electron chi connectivity index (χ4n) is 4.13. The number of benzene rings is 1. The number of likely N-dealkylation sites (tertiary alicyclic amines) is 1. The average molecular weight is 410 g/mol. The summed E-state index contributed by atoms with van der Waals surface area (Å²) in [5.41, 5.74) is 0.265. The molecular formula is C20H31N3O4S. The molecule has 8 heteroatoms. The van der Waals surface area contributed by atoms with Gasteiger partial charge < -0.3 is 10.1 Å². The molecule has 0 spiro atoms. The predicted molar refractivity (Wildman–Crippen MR) is 108 cm³/mol. The third-order valence-corrected chi connectivity index (χ3v) is 7.67. The zero-order valence-electron chi connectivity index (χ0n) is 16.8. The molecule has 3 rings (SSSR count). The van der Waals surface area contributed by atoms with Crippen molar-refractivity contribution in [3.63, 3.8) is 0 Å². The zero-order chi connectivity index (χ0) is 20.1. The molecule has 0 saturated carbocycles. The molecule has 1 aromatic carbocycles. The fourth-order valence-corrected chi connectivity index (χ4v) is 5.67. The molecule has 0 bridgehead atoms. The van der Waals surface area contributed by atoms with Gasteiger partial charge in [0.15, 0.2) is 0 Å². The lowest BCUT2D eigenvalue weighted by molar-refractivity contribution is 0.0938. The Morgan fingerprint density at radius 1 is 1.18 bits per heavy atom. The summed E-state index contributed by atoms with van der Waals surface area (Å²) in [6, 6.07) is 4.87. The Bertz CT molecular complexity index is 791. The molecule has 2 saturated heterocycles. The topological polar surface area (TPSA) is 79.0 Å². The number of nitrogens with one attached hydrogen (secondary N) is 1. The fraction of sp³-hybridized carbons (Fsp3) is 0.650. The van der Waals surface area contributed by atoms with Crippen LogP contribution in [0, 0.1) is 0 Å². The van der Waals surface area contributed by atoms with Crippen LogP contribution in [0.2, 0.25) is 0 Å². The number of piperidine rings is 1. The Balaban J connectivity index is 1.77. The average Bonchev–Trinajstić information content (AvgIpc) is 3.19. The van der Waals surface area contributed by atoms with Crippen molar-refractivity contribution in [2.24, 2.45) is 0 Å². The lowest BCUT2D eigenvalue weighted by Gasteiger charge is -2.26. The highest BCUT2D eigenvalue weighted by molar-refractivity contribution is 7.89. The number of hydrogen-bond donors (Lipinski definition) is 1. The van der Waals surface area contributed by atoms with Crippen molar-refractivity contribution in [2.45, 2.75) is 50.0 Å². The first kappa shape index (κ1) is 21.1. The van der Waals surface area contributed by atoms with Gasteiger partial charge in [-0.05, 0) is 57.0 Å². The van der Waals surface area contributed by atoms with E-state index in [4.69, 9.17) is 4.74 Å². The zero-order valence-corrected chi connectivity index (χ0v) is 17.6. The summed E-state index contributed by atoms with van der Waals surface area (Å²) in [6.45, 7) is 5.77. The summed E-state index contributed by atoms with van der Waals surface area (Å²) in [5.74, 6) is 0.0874. The number of likely N-dealkylation sites (N-methyl/N-ethyl adjacent to an activating group) is 1. The minimum Gasteiger partial charge on any atom is -0.496 e. The van der Waals surface area contributed by atoms with Gasteiger partial charge >= 0.3 is 0 Å². The van der Waals surface area contributed by atoms with Gasteiger partial charge in [0.1, 0.15) is 5.75 Å². The first-order chi connectivity index (χ1) is 13.5. The normalized spacial score (nSPS) is 21.6. The summed E-state index contributed by atoms with van der Waals surface area (Å²) >= 11 is 0. The minimum atomic E-state index is -3.60. The minimum absolute atomic E-state index is 0.149. The Morgan fingerprint density at radius 2 is 1.93 bits per heavy atom. The highest BCUT2D eigenvalue weighted by atomic mass is 32.2. The van der Waals surface area contributed by atoms with Crippen molar-refractivity contribution < 1.29 is 17.9 Å². The van der Waals surface area contributed by atoms with Crippen molar-refractivity contribution in [1.82, 2.24) is 14.5 Å². The van der Waals surface area contributed by atoms with E-state index in [1.54, 1.807) is 6.07 Å². The Hall–Kier alpha value is -1.64. The van der Waals surface area contributed by atoms with Crippen molar-refractivity contribution in [1.29, 1.82) is 0 Å². The van der Waals surface area contributed by atoms with E-state index in [1.165, 1.54) is 23.5 Å². The maximum Gasteiger partial charge on any atom is 0.255 e. The third-order valence-electron chi connectivity index (χ3n) is 5.77. The number of carbonyl (C=O) groups excluding carboxylic acids is 1. The monoisotopic (exact) mass is 409 g/mol. The lowest BCUT2D eigenvalue weighted by Crippen LogP contribution is -2.40. The molecule has 1 N–H and O–H groups in total. The van der Waals surface area contributed by atoms with Crippen LogP contribution < -0.4 is 10.1 Å². The van der Waals surface area contributed by atoms with Crippen LogP contribution in [0.4, 0.5) is 0 Å². The maximum atomic E-state index is 13.0. The van der Waals surface area contributed by atoms with Gasteiger partial charge in [0, 0.05) is 25.7 Å². The van der Waals surface area contributed by atoms with E-state index in [2.05, 4.69) is 17.1 Å². The van der Waals surface area contributed by atoms with E-state index in [0.29, 0.717) is 31.4 Å². The van der Waals surface area contributed by atoms with Crippen LogP contribution in [0.25, 0.3) is 0 Å². The van der Waals surface area contributed by atoms with Gasteiger partial charge in [-0.2, -0.15) is 4.31 Å². The second kappa shape index (κ2) is 9.24. The molecule has 2 aliphatic rings. The molecule has 7 nitrogen and oxygen atoms in total. The smallest absolute Gasteiger partial charge is 0.255 e. The highest BCUT2D eigenvalue weighted by Gasteiger charge is 2.28. The van der Waals surface area contributed by atoms with Gasteiger partial charge in [0.2, 0.25) is 10.0 Å². The first-order valence-corrected chi connectivity index (χ1v) is 11.6. The number of ether oxygens (including phenoxy) is 1. The Morgan fingerprint density at radius 3 is 2.61 bits per heavy atom. The van der Waals surface area contributed by atoms with Crippen LogP contribution in [0.15, 0.2) is 23.1 Å². The summed E-state index contributed by atoms with van der Waals surface area (Å²) in [5, 5.41) is 2.97. The molecule has 1 aromatic rings. The Kier molecular flexibility index (Phi) is 6.95. The lowest BCUT2D eigenvalue weighted by atomic mass is 10.1. The summed E-state index contributed by atoms with van der Waals surface area (Å²) in [4.78, 5) is 15.3. The molecular weight excluding hydrogens is 378 g/mol. The van der Waals surface area contributed by atoms with Gasteiger partial charge in [0.25, 0.3) is 5.91 Å². The van der Waals surface area contributed by atoms with Crippen LogP contribution in [0.1, 0.15) is 49.4 Å². The van der Waals surface area contributed by atoms with Crippen LogP contribution in [0.3, 0.4) is 0 Å². The molecule has 1 amide bonds. The van der Waals surface area contributed by atoms with Crippen molar-refractivity contribution in [3.8, 4) is 5.75 Å². The largest absolute Gasteiger partial charge is 0.496 e. The molecule has 2 fully saturated rings. The second-order valence-electron chi connectivity index (χ2n) is 7.46. The number of hydrogen-bond acceptors (Lipinski definition) is 5. The molecule has 0 aromatic heterocycles. The first-order valence-electron chi connectivity index (χ1n) is 10.2. The third kappa shape index (κ3) is 4.50. The van der Waals surface area contributed by atoms with Gasteiger partial charge in [-0.1, -0.05) is 13.3 Å². The van der Waals surface area contributed by atoms with Crippen LogP contribution in [0.5, 0.6) is 5.75 Å². The van der Waals surface area contributed by atoms with Crippen LogP contribution in [-0.2, 0) is 10.0 Å². The van der Waals surface area contributed by atoms with Crippen LogP contribution in [-0.4, -0.2) is 69.4 Å². The van der Waals surface area contributed by atoms with Gasteiger partial charge in [-0.25, -0.2) is 8.42 Å². The summed E-state index contributed by atoms with van der Waals surface area (Å²) in [7, 11) is -2.11. The predicted octanol–water partition coefficient (Wildman–Crippen LogP) is 2.08. The second-order valence-corrected chi connectivity index (χ2v) is 9.40. The van der Waals surface area contributed by atoms with E-state index in [0.717, 1.165) is 45.2 Å². The van der Waals surface area contributed by atoms with Gasteiger partial charge in [-0.3, -0.25) is 9.69 Å². The van der Waals surface area contributed by atoms with Gasteiger partial charge in [0.05, 0.1) is 17.6 Å². The molecule has 2 heterocycles. The highest BCUT2D eigenvalue weighted by Crippen LogP contribution is 2.26. The van der Waals surface area contributed by atoms with E-state index >= 15 is 0 Å². The number of nitrogens with zero attached hydrogens (tertiary/aromatic N) is 2. The number of carbonyl (C=O) groups is 1. The van der Waals surface area contributed by atoms with Gasteiger partial charge in [-0.15, -0.1) is 0 Å². The molecule has 0 aliphatic carbocycles. The Labute approximate surface area is 168 Å². The molecule has 156 valence electrons. The van der Waals surface area contributed by atoms with Crippen molar-refractivity contribution in [2.75, 3.05) is 39.8 Å². The molecule has 1 atom stereocenters. The quantitative estimate of drug-likeness (QED) is 0.746. The number of sulfonamides is 1. The molecule has 28 heavy (non-hydrogen) atoms. The van der Waals surface area contributed by atoms with E-state index in [1.807, 2.05) is 0 Å².